The van der Waals surface area contributed by atoms with Crippen molar-refractivity contribution in [3.05, 3.63) is 41.5 Å². The quantitative estimate of drug-likeness (QED) is 0.843. The zero-order chi connectivity index (χ0) is 17.3. The molecule has 1 aliphatic rings. The highest BCUT2D eigenvalue weighted by atomic mass is 16.5. The standard InChI is InChI=1S/C18H17NO5/c1-23-16(21)9-15-14(18(22)24-2)7-11-4-3-10-5-6-12(20)8-13(10)17(11)19-15/h3-8,15,19-20H,9H2,1-2H3. The van der Waals surface area contributed by atoms with E-state index < -0.39 is 18.0 Å². The van der Waals surface area contributed by atoms with Gasteiger partial charge in [0.25, 0.3) is 0 Å². The Morgan fingerprint density at radius 2 is 1.92 bits per heavy atom. The van der Waals surface area contributed by atoms with E-state index >= 15 is 0 Å². The van der Waals surface area contributed by atoms with E-state index in [1.54, 1.807) is 18.2 Å². The van der Waals surface area contributed by atoms with Gasteiger partial charge in [0.2, 0.25) is 0 Å². The average Bonchev–Trinajstić information content (AvgIpc) is 2.60. The van der Waals surface area contributed by atoms with Gasteiger partial charge >= 0.3 is 11.9 Å². The van der Waals surface area contributed by atoms with E-state index in [9.17, 15) is 14.7 Å². The number of esters is 2. The molecule has 0 aromatic heterocycles. The van der Waals surface area contributed by atoms with E-state index in [1.165, 1.54) is 14.2 Å². The number of hydrogen-bond acceptors (Lipinski definition) is 6. The molecule has 124 valence electrons. The summed E-state index contributed by atoms with van der Waals surface area (Å²) < 4.78 is 9.53. The Balaban J connectivity index is 2.13. The van der Waals surface area contributed by atoms with Gasteiger partial charge in [0.15, 0.2) is 0 Å². The van der Waals surface area contributed by atoms with E-state index in [1.807, 2.05) is 18.2 Å². The summed E-state index contributed by atoms with van der Waals surface area (Å²) in [5.74, 6) is -0.795. The van der Waals surface area contributed by atoms with Crippen molar-refractivity contribution in [1.82, 2.24) is 0 Å². The summed E-state index contributed by atoms with van der Waals surface area (Å²) in [6.07, 6.45) is 1.70. The molecule has 6 heteroatoms. The van der Waals surface area contributed by atoms with E-state index in [0.717, 1.165) is 22.0 Å². The molecule has 0 saturated carbocycles. The minimum absolute atomic E-state index is 0.00786. The van der Waals surface area contributed by atoms with Crippen LogP contribution in [0.1, 0.15) is 12.0 Å². The number of nitrogens with one attached hydrogen (secondary N) is 1. The van der Waals surface area contributed by atoms with Crippen molar-refractivity contribution >= 4 is 34.5 Å². The van der Waals surface area contributed by atoms with Gasteiger partial charge in [-0.3, -0.25) is 4.79 Å². The van der Waals surface area contributed by atoms with Crippen molar-refractivity contribution in [2.75, 3.05) is 19.5 Å². The molecule has 0 aliphatic carbocycles. The van der Waals surface area contributed by atoms with Crippen LogP contribution in [0, 0.1) is 0 Å². The fraction of sp³-hybridized carbons (Fsp3) is 0.222. The first kappa shape index (κ1) is 15.9. The molecule has 6 nitrogen and oxygen atoms in total. The van der Waals surface area contributed by atoms with Crippen molar-refractivity contribution in [1.29, 1.82) is 0 Å². The highest BCUT2D eigenvalue weighted by Gasteiger charge is 2.29. The second-order valence-electron chi connectivity index (χ2n) is 5.50. The minimum Gasteiger partial charge on any atom is -0.508 e. The third kappa shape index (κ3) is 2.78. The van der Waals surface area contributed by atoms with Crippen molar-refractivity contribution in [2.24, 2.45) is 0 Å². The number of carbonyl (C=O) groups excluding carboxylic acids is 2. The van der Waals surface area contributed by atoms with Crippen molar-refractivity contribution < 1.29 is 24.2 Å². The topological polar surface area (TPSA) is 84.9 Å². The van der Waals surface area contributed by atoms with Crippen LogP contribution in [0.15, 0.2) is 35.9 Å². The molecule has 0 radical (unpaired) electrons. The number of aromatic hydroxyl groups is 1. The second-order valence-corrected chi connectivity index (χ2v) is 5.50. The normalized spacial score (nSPS) is 15.9. The Labute approximate surface area is 138 Å². The number of anilines is 1. The molecule has 0 saturated heterocycles. The molecular formula is C18H17NO5. The third-order valence-corrected chi connectivity index (χ3v) is 4.06. The van der Waals surface area contributed by atoms with Crippen LogP contribution in [0.25, 0.3) is 16.8 Å². The SMILES string of the molecule is COC(=O)CC1Nc2c(ccc3ccc(O)cc23)C=C1C(=O)OC. The number of fused-ring (bicyclic) bond motifs is 3. The maximum atomic E-state index is 12.1. The number of benzene rings is 2. The number of hydrogen-bond donors (Lipinski definition) is 2. The molecule has 1 atom stereocenters. The van der Waals surface area contributed by atoms with Gasteiger partial charge in [0.1, 0.15) is 5.75 Å². The molecule has 0 amide bonds. The molecule has 1 heterocycles. The molecule has 2 N–H and O–H groups in total. The first-order chi connectivity index (χ1) is 11.5. The molecule has 24 heavy (non-hydrogen) atoms. The highest BCUT2D eigenvalue weighted by Crippen LogP contribution is 2.36. The summed E-state index contributed by atoms with van der Waals surface area (Å²) in [5, 5.41) is 14.7. The van der Waals surface area contributed by atoms with E-state index in [-0.39, 0.29) is 12.2 Å². The first-order valence-corrected chi connectivity index (χ1v) is 7.42. The molecule has 1 aliphatic heterocycles. The number of carbonyl (C=O) groups is 2. The zero-order valence-electron chi connectivity index (χ0n) is 13.3. The van der Waals surface area contributed by atoms with Gasteiger partial charge in [-0.25, -0.2) is 4.79 Å². The van der Waals surface area contributed by atoms with Crippen molar-refractivity contribution in [3.8, 4) is 5.75 Å². The van der Waals surface area contributed by atoms with Crippen LogP contribution in [-0.2, 0) is 19.1 Å². The maximum Gasteiger partial charge on any atom is 0.335 e. The monoisotopic (exact) mass is 327 g/mol. The van der Waals surface area contributed by atoms with Crippen molar-refractivity contribution in [2.45, 2.75) is 12.5 Å². The predicted octanol–water partition coefficient (Wildman–Crippen LogP) is 2.46. The predicted molar refractivity (Wildman–Crippen MR) is 89.6 cm³/mol. The Bertz CT molecular complexity index is 856. The number of phenolic OH excluding ortho intramolecular Hbond substituents is 1. The van der Waals surface area contributed by atoms with Gasteiger partial charge < -0.3 is 19.9 Å². The van der Waals surface area contributed by atoms with Gasteiger partial charge in [-0.1, -0.05) is 18.2 Å². The molecule has 1 unspecified atom stereocenters. The highest BCUT2D eigenvalue weighted by molar-refractivity contribution is 6.05. The van der Waals surface area contributed by atoms with Gasteiger partial charge in [-0.2, -0.15) is 0 Å². The summed E-state index contributed by atoms with van der Waals surface area (Å²) >= 11 is 0. The van der Waals surface area contributed by atoms with Crippen LogP contribution in [0.4, 0.5) is 5.69 Å². The number of methoxy groups -OCH3 is 2. The van der Waals surface area contributed by atoms with E-state index in [0.29, 0.717) is 5.57 Å². The number of rotatable bonds is 3. The van der Waals surface area contributed by atoms with Gasteiger partial charge in [-0.05, 0) is 29.2 Å². The lowest BCUT2D eigenvalue weighted by molar-refractivity contribution is -0.140. The number of phenols is 1. The maximum absolute atomic E-state index is 12.1. The first-order valence-electron chi connectivity index (χ1n) is 7.42. The Kier molecular flexibility index (Phi) is 4.12. The smallest absolute Gasteiger partial charge is 0.335 e. The lowest BCUT2D eigenvalue weighted by Crippen LogP contribution is -2.32. The fourth-order valence-corrected chi connectivity index (χ4v) is 2.86. The van der Waals surface area contributed by atoms with E-state index in [4.69, 9.17) is 9.47 Å². The molecule has 3 rings (SSSR count). The molecular weight excluding hydrogens is 310 g/mol. The Morgan fingerprint density at radius 1 is 1.17 bits per heavy atom. The fourth-order valence-electron chi connectivity index (χ4n) is 2.86. The van der Waals surface area contributed by atoms with Crippen LogP contribution >= 0.6 is 0 Å². The molecule has 0 spiro atoms. The second kappa shape index (κ2) is 6.23. The van der Waals surface area contributed by atoms with E-state index in [2.05, 4.69) is 5.32 Å². The number of ether oxygens (including phenoxy) is 2. The van der Waals surface area contributed by atoms with Crippen LogP contribution in [-0.4, -0.2) is 37.3 Å². The summed E-state index contributed by atoms with van der Waals surface area (Å²) in [5.41, 5.74) is 1.90. The Hall–Kier alpha value is -3.02. The summed E-state index contributed by atoms with van der Waals surface area (Å²) in [6.45, 7) is 0. The largest absolute Gasteiger partial charge is 0.508 e. The summed E-state index contributed by atoms with van der Waals surface area (Å²) in [4.78, 5) is 23.7. The lowest BCUT2D eigenvalue weighted by atomic mass is 9.92. The summed E-state index contributed by atoms with van der Waals surface area (Å²) in [6, 6.07) is 8.28. The summed E-state index contributed by atoms with van der Waals surface area (Å²) in [7, 11) is 2.60. The molecule has 0 bridgehead atoms. The molecule has 0 fully saturated rings. The lowest BCUT2D eigenvalue weighted by Gasteiger charge is -2.27. The Morgan fingerprint density at radius 3 is 2.62 bits per heavy atom. The van der Waals surface area contributed by atoms with Gasteiger partial charge in [0, 0.05) is 11.1 Å². The van der Waals surface area contributed by atoms with Crippen LogP contribution in [0.2, 0.25) is 0 Å². The van der Waals surface area contributed by atoms with Crippen LogP contribution < -0.4 is 5.32 Å². The minimum atomic E-state index is -0.564. The van der Waals surface area contributed by atoms with Crippen molar-refractivity contribution in [3.63, 3.8) is 0 Å². The third-order valence-electron chi connectivity index (χ3n) is 4.06. The van der Waals surface area contributed by atoms with Crippen LogP contribution in [0.5, 0.6) is 5.75 Å². The average molecular weight is 327 g/mol. The zero-order valence-corrected chi connectivity index (χ0v) is 13.3. The molecule has 2 aromatic carbocycles. The van der Waals surface area contributed by atoms with Gasteiger partial charge in [-0.15, -0.1) is 0 Å². The van der Waals surface area contributed by atoms with Crippen LogP contribution in [0.3, 0.4) is 0 Å². The van der Waals surface area contributed by atoms with Gasteiger partial charge in [0.05, 0.1) is 32.3 Å². The molecule has 2 aromatic rings.